The van der Waals surface area contributed by atoms with Crippen LogP contribution in [-0.4, -0.2) is 61.1 Å². The molecular weight excluding hydrogens is 540 g/mol. The molecule has 0 saturated carbocycles. The van der Waals surface area contributed by atoms with Gasteiger partial charge in [-0.15, -0.1) is 21.3 Å². The molecule has 1 aliphatic rings. The summed E-state index contributed by atoms with van der Waals surface area (Å²) in [7, 11) is 0. The van der Waals surface area contributed by atoms with E-state index in [2.05, 4.69) is 42.0 Å². The molecule has 5 heterocycles. The number of H-pyrrole nitrogens is 2. The summed E-state index contributed by atoms with van der Waals surface area (Å²) in [6.45, 7) is 8.09. The van der Waals surface area contributed by atoms with Gasteiger partial charge in [0.25, 0.3) is 5.56 Å². The van der Waals surface area contributed by atoms with Crippen LogP contribution in [-0.2, 0) is 11.3 Å². The lowest BCUT2D eigenvalue weighted by molar-refractivity contribution is -0.602. The second-order valence-electron chi connectivity index (χ2n) is 10.8. The number of rotatable bonds is 6. The molecule has 4 aromatic rings. The fraction of sp³-hybridized carbons (Fsp3) is 0.379. The van der Waals surface area contributed by atoms with Crippen LogP contribution in [0.3, 0.4) is 0 Å². The number of nitrogens with one attached hydrogen (secondary N) is 3. The SMILES string of the molecule is CC(C)(C)OC(=O)NCC#Cc1cnc(-[n+]2c[nH]c(CN3CCCC(c4nc(-c5cccs5)cc(=O)[nH]4)C3)c2)nc1. The molecule has 5 rings (SSSR count). The summed E-state index contributed by atoms with van der Waals surface area (Å²) < 4.78 is 7.02. The van der Waals surface area contributed by atoms with Gasteiger partial charge in [-0.05, 0) is 51.6 Å². The molecular formula is C29H33N8O3S+. The van der Waals surface area contributed by atoms with Gasteiger partial charge in [-0.2, -0.15) is 4.57 Å². The average Bonchev–Trinajstić information content (AvgIpc) is 3.63. The number of imidazole rings is 1. The van der Waals surface area contributed by atoms with Crippen LogP contribution in [0.4, 0.5) is 4.79 Å². The van der Waals surface area contributed by atoms with Crippen molar-refractivity contribution in [3.63, 3.8) is 0 Å². The second kappa shape index (κ2) is 12.4. The van der Waals surface area contributed by atoms with Crippen LogP contribution < -0.4 is 15.4 Å². The largest absolute Gasteiger partial charge is 0.444 e. The first-order valence-corrected chi connectivity index (χ1v) is 14.3. The summed E-state index contributed by atoms with van der Waals surface area (Å²) in [6.07, 6.45) is 8.60. The zero-order chi connectivity index (χ0) is 28.8. The number of hydrogen-bond donors (Lipinski definition) is 3. The maximum atomic E-state index is 12.4. The number of aromatic amines is 2. The smallest absolute Gasteiger partial charge is 0.408 e. The van der Waals surface area contributed by atoms with Crippen LogP contribution in [0.5, 0.6) is 0 Å². The number of thiophene rings is 1. The van der Waals surface area contributed by atoms with Crippen molar-refractivity contribution in [2.75, 3.05) is 19.6 Å². The molecule has 0 radical (unpaired) electrons. The number of hydrogen-bond acceptors (Lipinski definition) is 8. The Labute approximate surface area is 242 Å². The van der Waals surface area contributed by atoms with Gasteiger partial charge in [0.1, 0.15) is 29.5 Å². The van der Waals surface area contributed by atoms with Gasteiger partial charge in [0, 0.05) is 18.5 Å². The summed E-state index contributed by atoms with van der Waals surface area (Å²) in [5.41, 5.74) is 1.74. The average molecular weight is 574 g/mol. The van der Waals surface area contributed by atoms with Gasteiger partial charge in [-0.1, -0.05) is 17.9 Å². The van der Waals surface area contributed by atoms with Gasteiger partial charge in [-0.3, -0.25) is 14.7 Å². The first-order valence-electron chi connectivity index (χ1n) is 13.5. The molecule has 1 amide bonds. The lowest BCUT2D eigenvalue weighted by atomic mass is 9.97. The summed E-state index contributed by atoms with van der Waals surface area (Å²) in [5, 5.41) is 4.59. The van der Waals surface area contributed by atoms with Gasteiger partial charge in [0.15, 0.2) is 6.33 Å². The zero-order valence-electron chi connectivity index (χ0n) is 23.3. The second-order valence-corrected chi connectivity index (χ2v) is 11.8. The molecule has 1 unspecified atom stereocenters. The Bertz CT molecular complexity index is 1590. The molecule has 1 aliphatic heterocycles. The Morgan fingerprint density at radius 3 is 2.90 bits per heavy atom. The molecule has 1 atom stereocenters. The molecule has 0 aliphatic carbocycles. The van der Waals surface area contributed by atoms with Crippen molar-refractivity contribution in [1.29, 1.82) is 0 Å². The zero-order valence-corrected chi connectivity index (χ0v) is 24.1. The van der Waals surface area contributed by atoms with Crippen molar-refractivity contribution >= 4 is 17.4 Å². The number of likely N-dealkylation sites (tertiary alicyclic amines) is 1. The first kappa shape index (κ1) is 28.2. The fourth-order valence-corrected chi connectivity index (χ4v) is 5.26. The quantitative estimate of drug-likeness (QED) is 0.238. The summed E-state index contributed by atoms with van der Waals surface area (Å²) in [6, 6.07) is 5.52. The van der Waals surface area contributed by atoms with Gasteiger partial charge < -0.3 is 15.0 Å². The van der Waals surface area contributed by atoms with E-state index in [9.17, 15) is 9.59 Å². The predicted octanol–water partition coefficient (Wildman–Crippen LogP) is 3.15. The molecule has 3 N–H and O–H groups in total. The van der Waals surface area contributed by atoms with Crippen molar-refractivity contribution < 1.29 is 14.1 Å². The minimum Gasteiger partial charge on any atom is -0.444 e. The minimum atomic E-state index is -0.553. The predicted molar refractivity (Wildman–Crippen MR) is 154 cm³/mol. The highest BCUT2D eigenvalue weighted by atomic mass is 32.1. The van der Waals surface area contributed by atoms with Gasteiger partial charge in [0.2, 0.25) is 0 Å². The van der Waals surface area contributed by atoms with Crippen molar-refractivity contribution in [1.82, 2.24) is 35.1 Å². The van der Waals surface area contributed by atoms with Crippen molar-refractivity contribution in [3.8, 4) is 28.4 Å². The highest BCUT2D eigenvalue weighted by Gasteiger charge is 2.25. The lowest BCUT2D eigenvalue weighted by Crippen LogP contribution is -2.35. The standard InChI is InChI=1S/C29H32N8O3S/c1-29(2,3)40-28(39)30-10-4-7-20-14-31-27(32-15-20)37-18-22(33-19-37)17-36-11-5-8-21(16-36)26-34-23(13-25(38)35-26)24-9-6-12-41-24/h6,9,12-15,18-19,21H,5,8,10-11,16-17H2,1-3H3,(H2,30,34,35,38,39)/p+1. The van der Waals surface area contributed by atoms with E-state index >= 15 is 0 Å². The molecule has 41 heavy (non-hydrogen) atoms. The molecule has 11 nitrogen and oxygen atoms in total. The third-order valence-electron chi connectivity index (χ3n) is 6.33. The van der Waals surface area contributed by atoms with Crippen molar-refractivity contribution in [3.05, 3.63) is 75.9 Å². The number of nitrogens with zero attached hydrogens (tertiary/aromatic N) is 5. The number of ether oxygens (including phenoxy) is 1. The number of amides is 1. The Morgan fingerprint density at radius 1 is 1.32 bits per heavy atom. The van der Waals surface area contributed by atoms with E-state index in [4.69, 9.17) is 9.72 Å². The van der Waals surface area contributed by atoms with E-state index in [-0.39, 0.29) is 18.0 Å². The normalized spacial score (nSPS) is 15.6. The van der Waals surface area contributed by atoms with Gasteiger partial charge in [-0.25, -0.2) is 9.78 Å². The Morgan fingerprint density at radius 2 is 2.15 bits per heavy atom. The molecule has 0 aromatic carbocycles. The Balaban J connectivity index is 1.17. The van der Waals surface area contributed by atoms with Crippen LogP contribution in [0.25, 0.3) is 16.5 Å². The fourth-order valence-electron chi connectivity index (χ4n) is 4.58. The Kier molecular flexibility index (Phi) is 8.56. The summed E-state index contributed by atoms with van der Waals surface area (Å²) in [5.74, 6) is 7.25. The molecule has 0 spiro atoms. The minimum absolute atomic E-state index is 0.115. The molecule has 0 bridgehead atoms. The third kappa shape index (κ3) is 7.87. The van der Waals surface area contributed by atoms with Crippen molar-refractivity contribution in [2.45, 2.75) is 51.7 Å². The van der Waals surface area contributed by atoms with E-state index in [1.807, 2.05) is 34.6 Å². The molecule has 4 aromatic heterocycles. The van der Waals surface area contributed by atoms with Crippen LogP contribution in [0.1, 0.15) is 56.6 Å². The topological polar surface area (TPSA) is 133 Å². The van der Waals surface area contributed by atoms with Gasteiger partial charge >= 0.3 is 12.0 Å². The van der Waals surface area contributed by atoms with Crippen LogP contribution >= 0.6 is 11.3 Å². The number of alkyl carbamates (subject to hydrolysis) is 1. The summed E-state index contributed by atoms with van der Waals surface area (Å²) >= 11 is 1.58. The van der Waals surface area contributed by atoms with E-state index in [1.54, 1.807) is 50.6 Å². The maximum Gasteiger partial charge on any atom is 0.408 e. The number of aromatic nitrogens is 6. The summed E-state index contributed by atoms with van der Waals surface area (Å²) in [4.78, 5) is 47.4. The third-order valence-corrected chi connectivity index (χ3v) is 7.22. The lowest BCUT2D eigenvalue weighted by Gasteiger charge is -2.31. The van der Waals surface area contributed by atoms with Crippen LogP contribution in [0.2, 0.25) is 0 Å². The highest BCUT2D eigenvalue weighted by Crippen LogP contribution is 2.27. The molecule has 212 valence electrons. The Hall–Kier alpha value is -4.34. The first-order chi connectivity index (χ1) is 19.7. The van der Waals surface area contributed by atoms with Crippen molar-refractivity contribution in [2.24, 2.45) is 0 Å². The van der Waals surface area contributed by atoms with Crippen LogP contribution in [0.15, 0.2) is 53.3 Å². The number of carbonyl (C=O) groups excluding carboxylic acids is 1. The van der Waals surface area contributed by atoms with Crippen LogP contribution in [0, 0.1) is 11.8 Å². The molecule has 1 saturated heterocycles. The van der Waals surface area contributed by atoms with Gasteiger partial charge in [0.05, 0.1) is 35.4 Å². The maximum absolute atomic E-state index is 12.4. The molecule has 1 fully saturated rings. The van der Waals surface area contributed by atoms with E-state index in [0.717, 1.165) is 54.6 Å². The van der Waals surface area contributed by atoms with E-state index in [1.165, 1.54) is 0 Å². The van der Waals surface area contributed by atoms with E-state index < -0.39 is 11.7 Å². The number of carbonyl (C=O) groups is 1. The number of piperidine rings is 1. The monoisotopic (exact) mass is 573 g/mol. The highest BCUT2D eigenvalue weighted by molar-refractivity contribution is 7.13. The van der Waals surface area contributed by atoms with E-state index in [0.29, 0.717) is 11.5 Å². The molecule has 12 heteroatoms.